The fourth-order valence-corrected chi connectivity index (χ4v) is 6.51. The zero-order valence-electron chi connectivity index (χ0n) is 20.5. The largest absolute Gasteiger partial charge is 0.378 e. The van der Waals surface area contributed by atoms with Gasteiger partial charge in [-0.1, -0.05) is 17.7 Å². The summed E-state index contributed by atoms with van der Waals surface area (Å²) in [5.41, 5.74) is 2.77. The van der Waals surface area contributed by atoms with Crippen LogP contribution in [0.2, 0.25) is 0 Å². The molecule has 5 rings (SSSR count). The summed E-state index contributed by atoms with van der Waals surface area (Å²) in [5.74, 6) is 1.02. The highest BCUT2D eigenvalue weighted by molar-refractivity contribution is 7.90. The van der Waals surface area contributed by atoms with Crippen molar-refractivity contribution in [3.8, 4) is 11.4 Å². The number of benzene rings is 1. The fourth-order valence-electron chi connectivity index (χ4n) is 4.22. The Kier molecular flexibility index (Phi) is 7.03. The van der Waals surface area contributed by atoms with Gasteiger partial charge in [-0.15, -0.1) is 0 Å². The van der Waals surface area contributed by atoms with Gasteiger partial charge in [0.2, 0.25) is 0 Å². The summed E-state index contributed by atoms with van der Waals surface area (Å²) in [6.07, 6.45) is 1.77. The Hall–Kier alpha value is -3.62. The molecule has 0 atom stereocenters. The topological polar surface area (TPSA) is 161 Å². The van der Waals surface area contributed by atoms with Crippen molar-refractivity contribution in [2.45, 2.75) is 24.0 Å². The number of nitrogens with zero attached hydrogens (tertiary/aromatic N) is 4. The van der Waals surface area contributed by atoms with Crippen molar-refractivity contribution in [3.63, 3.8) is 0 Å². The van der Waals surface area contributed by atoms with Gasteiger partial charge in [-0.05, 0) is 31.2 Å². The number of rotatable bonds is 5. The number of fused-ring (bicyclic) bond motifs is 1. The van der Waals surface area contributed by atoms with E-state index in [1.807, 2.05) is 16.5 Å². The van der Waals surface area contributed by atoms with Crippen molar-refractivity contribution in [2.24, 2.45) is 0 Å². The Bertz CT molecular complexity index is 1570. The molecule has 14 heteroatoms. The standard InChI is InChI=1S/C24H26N6O6S2/c1-16-2-5-18(6-3-16)38(34,35)29-24(31)27-21-7-4-17(14-25-21)22-26-20-8-13-37(32,33)15-19(20)23(28-22)30-9-11-36-12-10-30/h2-7,14H,8-13,15H2,1H3,(H2,25,27,29,31). The molecule has 2 aliphatic rings. The van der Waals surface area contributed by atoms with Gasteiger partial charge < -0.3 is 9.64 Å². The molecular weight excluding hydrogens is 532 g/mol. The molecule has 200 valence electrons. The zero-order valence-corrected chi connectivity index (χ0v) is 22.2. The van der Waals surface area contributed by atoms with Crippen LogP contribution in [0.25, 0.3) is 11.4 Å². The second-order valence-electron chi connectivity index (χ2n) is 9.04. The van der Waals surface area contributed by atoms with E-state index in [1.165, 1.54) is 24.4 Å². The molecule has 0 aliphatic carbocycles. The van der Waals surface area contributed by atoms with Gasteiger partial charge in [0.05, 0.1) is 35.3 Å². The number of ether oxygens (including phenoxy) is 1. The Morgan fingerprint density at radius 2 is 1.79 bits per heavy atom. The van der Waals surface area contributed by atoms with Gasteiger partial charge in [0.1, 0.15) is 11.6 Å². The number of hydrogen-bond donors (Lipinski definition) is 2. The maximum Gasteiger partial charge on any atom is 0.334 e. The van der Waals surface area contributed by atoms with Gasteiger partial charge in [0, 0.05) is 36.8 Å². The number of aromatic nitrogens is 3. The van der Waals surface area contributed by atoms with Crippen molar-refractivity contribution < 1.29 is 26.4 Å². The van der Waals surface area contributed by atoms with Crippen LogP contribution in [-0.4, -0.2) is 69.9 Å². The lowest BCUT2D eigenvalue weighted by molar-refractivity contribution is 0.122. The molecule has 2 aliphatic heterocycles. The molecule has 1 fully saturated rings. The van der Waals surface area contributed by atoms with Gasteiger partial charge in [-0.3, -0.25) is 5.32 Å². The maximum atomic E-state index is 12.4. The van der Waals surface area contributed by atoms with Gasteiger partial charge in [0.15, 0.2) is 15.7 Å². The van der Waals surface area contributed by atoms with E-state index in [-0.39, 0.29) is 22.2 Å². The van der Waals surface area contributed by atoms with Crippen molar-refractivity contribution in [1.82, 2.24) is 19.7 Å². The first-order valence-corrected chi connectivity index (χ1v) is 15.2. The number of urea groups is 1. The van der Waals surface area contributed by atoms with E-state index in [0.717, 1.165) is 5.56 Å². The number of sulfone groups is 1. The third kappa shape index (κ3) is 5.76. The van der Waals surface area contributed by atoms with E-state index in [4.69, 9.17) is 9.72 Å². The van der Waals surface area contributed by atoms with Gasteiger partial charge in [0.25, 0.3) is 10.0 Å². The molecule has 0 saturated carbocycles. The highest BCUT2D eigenvalue weighted by Gasteiger charge is 2.29. The lowest BCUT2D eigenvalue weighted by Crippen LogP contribution is -2.38. The number of carbonyl (C=O) groups is 1. The van der Waals surface area contributed by atoms with Gasteiger partial charge in [-0.25, -0.2) is 41.3 Å². The molecule has 1 aromatic carbocycles. The molecule has 0 bridgehead atoms. The first-order valence-electron chi connectivity index (χ1n) is 11.9. The quantitative estimate of drug-likeness (QED) is 0.471. The Balaban J connectivity index is 1.35. The number of carbonyl (C=O) groups excluding carboxylic acids is 1. The third-order valence-corrected chi connectivity index (χ3v) is 9.12. The average Bonchev–Trinajstić information content (AvgIpc) is 2.88. The number of sulfonamides is 1. The molecule has 38 heavy (non-hydrogen) atoms. The number of nitrogens with one attached hydrogen (secondary N) is 2. The summed E-state index contributed by atoms with van der Waals surface area (Å²) < 4.78 is 56.9. The highest BCUT2D eigenvalue weighted by Crippen LogP contribution is 2.31. The Morgan fingerprint density at radius 3 is 2.47 bits per heavy atom. The van der Waals surface area contributed by atoms with Gasteiger partial charge >= 0.3 is 6.03 Å². The number of pyridine rings is 1. The number of morpholine rings is 1. The normalized spacial score (nSPS) is 16.9. The van der Waals surface area contributed by atoms with Crippen LogP contribution in [-0.2, 0) is 36.8 Å². The molecular formula is C24H26N6O6S2. The van der Waals surface area contributed by atoms with Gasteiger partial charge in [-0.2, -0.15) is 0 Å². The second-order valence-corrected chi connectivity index (χ2v) is 12.9. The highest BCUT2D eigenvalue weighted by atomic mass is 32.2. The summed E-state index contributed by atoms with van der Waals surface area (Å²) in [5, 5.41) is 2.41. The summed E-state index contributed by atoms with van der Waals surface area (Å²) >= 11 is 0. The molecule has 0 unspecified atom stereocenters. The molecule has 0 radical (unpaired) electrons. The molecule has 12 nitrogen and oxygen atoms in total. The molecule has 2 N–H and O–H groups in total. The van der Waals surface area contributed by atoms with Crippen LogP contribution in [0.15, 0.2) is 47.5 Å². The molecule has 2 aromatic heterocycles. The van der Waals surface area contributed by atoms with E-state index < -0.39 is 25.9 Å². The van der Waals surface area contributed by atoms with Crippen LogP contribution in [0.1, 0.15) is 16.8 Å². The summed E-state index contributed by atoms with van der Waals surface area (Å²) in [4.78, 5) is 27.8. The molecule has 2 amide bonds. The van der Waals surface area contributed by atoms with E-state index in [9.17, 15) is 21.6 Å². The van der Waals surface area contributed by atoms with E-state index in [1.54, 1.807) is 18.2 Å². The lowest BCUT2D eigenvalue weighted by atomic mass is 10.1. The maximum absolute atomic E-state index is 12.4. The minimum Gasteiger partial charge on any atom is -0.378 e. The van der Waals surface area contributed by atoms with Crippen LogP contribution in [0, 0.1) is 6.92 Å². The van der Waals surface area contributed by atoms with Crippen molar-refractivity contribution in [2.75, 3.05) is 42.3 Å². The number of hydrogen-bond acceptors (Lipinski definition) is 10. The monoisotopic (exact) mass is 558 g/mol. The predicted octanol–water partition coefficient (Wildman–Crippen LogP) is 1.66. The fraction of sp³-hybridized carbons (Fsp3) is 0.333. The smallest absolute Gasteiger partial charge is 0.334 e. The minimum atomic E-state index is -4.05. The summed E-state index contributed by atoms with van der Waals surface area (Å²) in [6.45, 7) is 4.04. The number of anilines is 2. The first-order chi connectivity index (χ1) is 18.1. The minimum absolute atomic E-state index is 0.0285. The Morgan fingerprint density at radius 1 is 1.05 bits per heavy atom. The van der Waals surface area contributed by atoms with Crippen molar-refractivity contribution >= 4 is 37.5 Å². The van der Waals surface area contributed by atoms with Crippen molar-refractivity contribution in [1.29, 1.82) is 0 Å². The van der Waals surface area contributed by atoms with Crippen LogP contribution >= 0.6 is 0 Å². The van der Waals surface area contributed by atoms with E-state index >= 15 is 0 Å². The zero-order chi connectivity index (χ0) is 26.9. The number of amides is 2. The Labute approximate surface area is 220 Å². The molecule has 3 aromatic rings. The molecule has 0 spiro atoms. The SMILES string of the molecule is Cc1ccc(S(=O)(=O)NC(=O)Nc2ccc(-c3nc4c(c(N5CCOCC5)n3)CS(=O)(=O)CC4)cn2)cc1. The predicted molar refractivity (Wildman–Crippen MR) is 140 cm³/mol. The van der Waals surface area contributed by atoms with Crippen molar-refractivity contribution in [3.05, 3.63) is 59.4 Å². The van der Waals surface area contributed by atoms with Crippen LogP contribution < -0.4 is 14.9 Å². The number of aryl methyl sites for hydroxylation is 2. The van der Waals surface area contributed by atoms with Crippen LogP contribution in [0.5, 0.6) is 0 Å². The average molecular weight is 559 g/mol. The molecule has 1 saturated heterocycles. The lowest BCUT2D eigenvalue weighted by Gasteiger charge is -2.31. The van der Waals surface area contributed by atoms with E-state index in [2.05, 4.69) is 15.3 Å². The summed E-state index contributed by atoms with van der Waals surface area (Å²) in [6, 6.07) is 8.31. The van der Waals surface area contributed by atoms with Crippen LogP contribution in [0.4, 0.5) is 16.4 Å². The second kappa shape index (κ2) is 10.3. The van der Waals surface area contributed by atoms with Crippen LogP contribution in [0.3, 0.4) is 0 Å². The third-order valence-electron chi connectivity index (χ3n) is 6.22. The summed E-state index contributed by atoms with van der Waals surface area (Å²) in [7, 11) is -7.27. The van der Waals surface area contributed by atoms with E-state index in [0.29, 0.717) is 61.2 Å². The molecule has 4 heterocycles. The first kappa shape index (κ1) is 26.0.